The number of cyclic esters (lactones) is 1. The molecule has 0 radical (unpaired) electrons. The minimum Gasteiger partial charge on any atom is -0.496 e. The number of ether oxygens (including phenoxy) is 2. The van der Waals surface area contributed by atoms with Crippen LogP contribution in [0.1, 0.15) is 60.6 Å². The Labute approximate surface area is 254 Å². The van der Waals surface area contributed by atoms with Crippen molar-refractivity contribution in [2.75, 3.05) is 12.8 Å². The Morgan fingerprint density at radius 2 is 1.58 bits per heavy atom. The van der Waals surface area contributed by atoms with Gasteiger partial charge < -0.3 is 15.2 Å². The van der Waals surface area contributed by atoms with Crippen molar-refractivity contribution in [1.82, 2.24) is 4.90 Å². The molecule has 238 valence electrons. The predicted molar refractivity (Wildman–Crippen MR) is 155 cm³/mol. The van der Waals surface area contributed by atoms with Crippen LogP contribution in [0.4, 0.5) is 41.2 Å². The summed E-state index contributed by atoms with van der Waals surface area (Å²) in [6.45, 7) is 5.00. The minimum absolute atomic E-state index is 0.0251. The fourth-order valence-electron chi connectivity index (χ4n) is 5.66. The highest BCUT2D eigenvalue weighted by Gasteiger charge is 2.43. The van der Waals surface area contributed by atoms with Gasteiger partial charge in [-0.2, -0.15) is 26.3 Å². The maximum atomic E-state index is 14.9. The normalized spacial score (nSPS) is 17.3. The molecule has 0 unspecified atom stereocenters. The lowest BCUT2D eigenvalue weighted by Gasteiger charge is -2.24. The summed E-state index contributed by atoms with van der Waals surface area (Å²) in [7, 11) is 1.39. The lowest BCUT2D eigenvalue weighted by Crippen LogP contribution is -2.31. The number of halogens is 7. The van der Waals surface area contributed by atoms with E-state index in [4.69, 9.17) is 15.2 Å². The van der Waals surface area contributed by atoms with Crippen LogP contribution in [0.5, 0.6) is 5.75 Å². The summed E-state index contributed by atoms with van der Waals surface area (Å²) in [5.74, 6) is -0.441. The standard InChI is InChI=1S/C33H29F7N2O3/c1-16(2)23-12-26(29(44-4)14-27(23)34)24-13-25-18(6-5-7-28(25)41)8-20(24)15-42-17(3)30(45-31(42)43)19-9-21(32(35,36)37)11-22(10-19)33(38,39)40/h5-14,16-17,30H,15,41H2,1-4H3/t17-,30-/m0/s1. The third-order valence-corrected chi connectivity index (χ3v) is 8.04. The summed E-state index contributed by atoms with van der Waals surface area (Å²) < 4.78 is 107. The van der Waals surface area contributed by atoms with Crippen molar-refractivity contribution in [2.45, 2.75) is 57.7 Å². The molecule has 1 heterocycles. The third-order valence-electron chi connectivity index (χ3n) is 8.04. The number of hydrogen-bond acceptors (Lipinski definition) is 4. The molecule has 0 spiro atoms. The molecular formula is C33H29F7N2O3. The average Bonchev–Trinajstić information content (AvgIpc) is 3.24. The van der Waals surface area contributed by atoms with Gasteiger partial charge in [-0.1, -0.05) is 26.0 Å². The Hall–Kier alpha value is -4.48. The quantitative estimate of drug-likeness (QED) is 0.170. The van der Waals surface area contributed by atoms with Gasteiger partial charge in [-0.3, -0.25) is 4.90 Å². The number of carbonyl (C=O) groups is 1. The topological polar surface area (TPSA) is 64.8 Å². The fourth-order valence-corrected chi connectivity index (χ4v) is 5.66. The number of nitrogens with zero attached hydrogens (tertiary/aromatic N) is 1. The zero-order valence-corrected chi connectivity index (χ0v) is 24.6. The molecule has 1 saturated heterocycles. The first-order valence-electron chi connectivity index (χ1n) is 13.9. The highest BCUT2D eigenvalue weighted by atomic mass is 19.4. The Morgan fingerprint density at radius 3 is 2.16 bits per heavy atom. The molecule has 2 atom stereocenters. The van der Waals surface area contributed by atoms with Crippen LogP contribution in [0.3, 0.4) is 0 Å². The van der Waals surface area contributed by atoms with Crippen LogP contribution in [-0.4, -0.2) is 24.1 Å². The summed E-state index contributed by atoms with van der Waals surface area (Å²) in [6.07, 6.45) is -12.5. The van der Waals surface area contributed by atoms with Crippen molar-refractivity contribution in [1.29, 1.82) is 0 Å². The highest BCUT2D eigenvalue weighted by Crippen LogP contribution is 2.43. The predicted octanol–water partition coefficient (Wildman–Crippen LogP) is 9.48. The van der Waals surface area contributed by atoms with Crippen molar-refractivity contribution < 1.29 is 45.0 Å². The number of anilines is 1. The summed E-state index contributed by atoms with van der Waals surface area (Å²) in [6, 6.07) is 11.9. The fraction of sp³-hybridized carbons (Fsp3) is 0.303. The average molecular weight is 635 g/mol. The van der Waals surface area contributed by atoms with E-state index >= 15 is 0 Å². The SMILES string of the molecule is COc1cc(F)c(C(C)C)cc1-c1cc2c(N)cccc2cc1CN1C(=O)O[C@H](c2cc(C(F)(F)F)cc(C(F)(F)F)c2)[C@@H]1C. The Kier molecular flexibility index (Phi) is 8.13. The lowest BCUT2D eigenvalue weighted by molar-refractivity contribution is -0.143. The number of rotatable bonds is 6. The molecule has 1 aliphatic heterocycles. The second kappa shape index (κ2) is 11.5. The Bertz CT molecular complexity index is 1750. The number of alkyl halides is 6. The third kappa shape index (κ3) is 6.10. The van der Waals surface area contributed by atoms with E-state index in [2.05, 4.69) is 0 Å². The van der Waals surface area contributed by atoms with E-state index in [1.807, 2.05) is 13.8 Å². The number of fused-ring (bicyclic) bond motifs is 1. The van der Waals surface area contributed by atoms with Crippen LogP contribution in [0, 0.1) is 5.82 Å². The first-order valence-corrected chi connectivity index (χ1v) is 13.9. The van der Waals surface area contributed by atoms with Crippen LogP contribution in [0.15, 0.2) is 60.7 Å². The zero-order chi connectivity index (χ0) is 33.0. The van der Waals surface area contributed by atoms with Crippen molar-refractivity contribution in [3.63, 3.8) is 0 Å². The highest BCUT2D eigenvalue weighted by molar-refractivity contribution is 5.97. The molecule has 0 bridgehead atoms. The number of nitrogens with two attached hydrogens (primary N) is 1. The maximum absolute atomic E-state index is 14.9. The monoisotopic (exact) mass is 634 g/mol. The molecule has 1 fully saturated rings. The van der Waals surface area contributed by atoms with Crippen LogP contribution in [0.25, 0.3) is 21.9 Å². The van der Waals surface area contributed by atoms with Gasteiger partial charge in [0.15, 0.2) is 0 Å². The van der Waals surface area contributed by atoms with Gasteiger partial charge in [0.2, 0.25) is 0 Å². The van der Waals surface area contributed by atoms with E-state index in [1.54, 1.807) is 36.4 Å². The minimum atomic E-state index is -5.06. The lowest BCUT2D eigenvalue weighted by atomic mass is 9.90. The molecule has 4 aromatic carbocycles. The number of benzene rings is 4. The zero-order valence-electron chi connectivity index (χ0n) is 24.6. The molecule has 0 saturated carbocycles. The molecule has 0 aromatic heterocycles. The summed E-state index contributed by atoms with van der Waals surface area (Å²) in [4.78, 5) is 14.4. The molecule has 2 N–H and O–H groups in total. The van der Waals surface area contributed by atoms with Crippen molar-refractivity contribution in [3.05, 3.63) is 94.3 Å². The van der Waals surface area contributed by atoms with Gasteiger partial charge in [-0.15, -0.1) is 0 Å². The van der Waals surface area contributed by atoms with Crippen LogP contribution < -0.4 is 10.5 Å². The Morgan fingerprint density at radius 1 is 0.933 bits per heavy atom. The van der Waals surface area contributed by atoms with Crippen molar-refractivity contribution in [3.8, 4) is 16.9 Å². The van der Waals surface area contributed by atoms with E-state index in [0.717, 1.165) is 0 Å². The maximum Gasteiger partial charge on any atom is 0.416 e. The first-order chi connectivity index (χ1) is 21.0. The van der Waals surface area contributed by atoms with E-state index in [0.29, 0.717) is 50.8 Å². The van der Waals surface area contributed by atoms with Gasteiger partial charge in [0, 0.05) is 22.7 Å². The van der Waals surface area contributed by atoms with Gasteiger partial charge >= 0.3 is 18.4 Å². The molecule has 0 aliphatic carbocycles. The second-order valence-corrected chi connectivity index (χ2v) is 11.3. The molecule has 45 heavy (non-hydrogen) atoms. The number of amides is 1. The Balaban J connectivity index is 1.62. The van der Waals surface area contributed by atoms with E-state index in [-0.39, 0.29) is 24.3 Å². The molecular weight excluding hydrogens is 605 g/mol. The summed E-state index contributed by atoms with van der Waals surface area (Å²) >= 11 is 0. The molecule has 1 aliphatic rings. The molecule has 1 amide bonds. The van der Waals surface area contributed by atoms with Gasteiger partial charge in [-0.25, -0.2) is 9.18 Å². The van der Waals surface area contributed by atoms with Gasteiger partial charge in [0.25, 0.3) is 0 Å². The smallest absolute Gasteiger partial charge is 0.416 e. The molecule has 12 heteroatoms. The van der Waals surface area contributed by atoms with E-state index in [1.165, 1.54) is 25.0 Å². The van der Waals surface area contributed by atoms with Gasteiger partial charge in [0.05, 0.1) is 30.8 Å². The van der Waals surface area contributed by atoms with Gasteiger partial charge in [-0.05, 0) is 82.9 Å². The number of methoxy groups -OCH3 is 1. The van der Waals surface area contributed by atoms with Crippen LogP contribution >= 0.6 is 0 Å². The van der Waals surface area contributed by atoms with Crippen LogP contribution in [0.2, 0.25) is 0 Å². The van der Waals surface area contributed by atoms with Crippen molar-refractivity contribution in [2.24, 2.45) is 0 Å². The number of hydrogen-bond donors (Lipinski definition) is 1. The van der Waals surface area contributed by atoms with Gasteiger partial charge in [0.1, 0.15) is 17.7 Å². The molecule has 5 rings (SSSR count). The van der Waals surface area contributed by atoms with E-state index in [9.17, 15) is 35.5 Å². The van der Waals surface area contributed by atoms with E-state index < -0.39 is 53.1 Å². The molecule has 4 aromatic rings. The van der Waals surface area contributed by atoms with Crippen LogP contribution in [-0.2, 0) is 23.6 Å². The largest absolute Gasteiger partial charge is 0.496 e. The summed E-state index contributed by atoms with van der Waals surface area (Å²) in [5, 5.41) is 1.38. The first kappa shape index (κ1) is 31.9. The molecule has 5 nitrogen and oxygen atoms in total. The second-order valence-electron chi connectivity index (χ2n) is 11.3. The number of nitrogen functional groups attached to an aromatic ring is 1. The summed E-state index contributed by atoms with van der Waals surface area (Å²) in [5.41, 5.74) is 5.28. The van der Waals surface area contributed by atoms with Crippen molar-refractivity contribution >= 4 is 22.6 Å². The number of carbonyl (C=O) groups excluding carboxylic acids is 1.